The second-order valence-corrected chi connectivity index (χ2v) is 9.35. The summed E-state index contributed by atoms with van der Waals surface area (Å²) >= 11 is 0. The van der Waals surface area contributed by atoms with Crippen molar-refractivity contribution in [1.29, 1.82) is 0 Å². The smallest absolute Gasteiger partial charge is 0.490 e. The lowest BCUT2D eigenvalue weighted by atomic mass is 10.1. The molecule has 2 aromatic rings. The molecule has 10 heteroatoms. The molecule has 4 rings (SSSR count). The lowest BCUT2D eigenvalue weighted by molar-refractivity contribution is -0.192. The molecule has 2 fully saturated rings. The topological polar surface area (TPSA) is 79.3 Å². The van der Waals surface area contributed by atoms with Crippen LogP contribution in [-0.2, 0) is 4.79 Å². The number of alkyl halides is 3. The molecule has 1 amide bonds. The molecule has 1 unspecified atom stereocenters. The third-order valence-electron chi connectivity index (χ3n) is 6.47. The van der Waals surface area contributed by atoms with Crippen LogP contribution in [0, 0.1) is 0 Å². The molecule has 0 saturated carbocycles. The van der Waals surface area contributed by atoms with Crippen LogP contribution in [0.5, 0.6) is 11.5 Å². The van der Waals surface area contributed by atoms with E-state index in [9.17, 15) is 18.0 Å². The van der Waals surface area contributed by atoms with E-state index in [1.807, 2.05) is 54.6 Å². The van der Waals surface area contributed by atoms with E-state index >= 15 is 0 Å². The van der Waals surface area contributed by atoms with Crippen molar-refractivity contribution in [2.45, 2.75) is 50.7 Å². The molecule has 7 nitrogen and oxygen atoms in total. The van der Waals surface area contributed by atoms with Crippen molar-refractivity contribution < 1.29 is 37.3 Å². The molecular weight excluding hydrogens is 501 g/mol. The number of para-hydroxylation sites is 1. The fraction of sp³-hybridized carbons (Fsp3) is 0.500. The highest BCUT2D eigenvalue weighted by atomic mass is 19.4. The van der Waals surface area contributed by atoms with Crippen LogP contribution >= 0.6 is 0 Å². The lowest BCUT2D eigenvalue weighted by Gasteiger charge is -2.28. The van der Waals surface area contributed by atoms with Crippen LogP contribution < -0.4 is 9.47 Å². The minimum atomic E-state index is -5.08. The first-order valence-corrected chi connectivity index (χ1v) is 13.0. The van der Waals surface area contributed by atoms with Crippen molar-refractivity contribution in [1.82, 2.24) is 9.80 Å². The quantitative estimate of drug-likeness (QED) is 0.418. The fourth-order valence-electron chi connectivity index (χ4n) is 4.52. The fourth-order valence-corrected chi connectivity index (χ4v) is 4.52. The summed E-state index contributed by atoms with van der Waals surface area (Å²) in [6.45, 7) is 5.61. The molecule has 0 bridgehead atoms. The molecule has 0 spiro atoms. The normalized spacial score (nSPS) is 17.6. The summed E-state index contributed by atoms with van der Waals surface area (Å²) in [6.07, 6.45) is 1.61. The van der Waals surface area contributed by atoms with Gasteiger partial charge in [-0.2, -0.15) is 13.2 Å². The number of ether oxygens (including phenoxy) is 2. The summed E-state index contributed by atoms with van der Waals surface area (Å²) in [5.41, 5.74) is 0.761. The summed E-state index contributed by atoms with van der Waals surface area (Å²) in [6, 6.07) is 17.9. The molecule has 0 radical (unpaired) electrons. The second-order valence-electron chi connectivity index (χ2n) is 9.35. The molecule has 2 saturated heterocycles. The van der Waals surface area contributed by atoms with Crippen molar-refractivity contribution in [3.63, 3.8) is 0 Å². The number of nitrogens with zero attached hydrogens (tertiary/aromatic N) is 2. The maximum atomic E-state index is 13.0. The van der Waals surface area contributed by atoms with Crippen molar-refractivity contribution in [2.75, 3.05) is 39.4 Å². The van der Waals surface area contributed by atoms with Crippen molar-refractivity contribution >= 4 is 11.9 Å². The highest BCUT2D eigenvalue weighted by Gasteiger charge is 2.38. The molecule has 2 aliphatic heterocycles. The van der Waals surface area contributed by atoms with E-state index in [-0.39, 0.29) is 5.91 Å². The van der Waals surface area contributed by atoms with Crippen molar-refractivity contribution in [3.05, 3.63) is 60.2 Å². The van der Waals surface area contributed by atoms with E-state index in [1.54, 1.807) is 0 Å². The summed E-state index contributed by atoms with van der Waals surface area (Å²) in [4.78, 5) is 26.5. The summed E-state index contributed by atoms with van der Waals surface area (Å²) < 4.78 is 43.3. The van der Waals surface area contributed by atoms with Crippen molar-refractivity contribution in [3.8, 4) is 11.5 Å². The van der Waals surface area contributed by atoms with Gasteiger partial charge in [-0.25, -0.2) is 4.79 Å². The Bertz CT molecular complexity index is 996. The highest BCUT2D eigenvalue weighted by molar-refractivity contribution is 5.94. The number of aliphatic carboxylic acids is 1. The van der Waals surface area contributed by atoms with E-state index in [4.69, 9.17) is 19.4 Å². The van der Waals surface area contributed by atoms with Crippen LogP contribution in [0.1, 0.15) is 48.9 Å². The van der Waals surface area contributed by atoms with Gasteiger partial charge >= 0.3 is 12.1 Å². The van der Waals surface area contributed by atoms with Gasteiger partial charge in [0, 0.05) is 24.7 Å². The number of hydrogen-bond donors (Lipinski definition) is 1. The van der Waals surface area contributed by atoms with Crippen LogP contribution in [0.4, 0.5) is 13.2 Å². The molecule has 0 aromatic heterocycles. The molecular formula is C28H35F3N2O5. The summed E-state index contributed by atoms with van der Waals surface area (Å²) in [5.74, 6) is -0.876. The number of hydrogen-bond acceptors (Lipinski definition) is 5. The molecule has 38 heavy (non-hydrogen) atoms. The maximum Gasteiger partial charge on any atom is 0.490 e. The average molecular weight is 537 g/mol. The van der Waals surface area contributed by atoms with Gasteiger partial charge in [0.1, 0.15) is 11.5 Å². The van der Waals surface area contributed by atoms with Gasteiger partial charge in [0.2, 0.25) is 0 Å². The number of carbonyl (C=O) groups excluding carboxylic acids is 1. The van der Waals surface area contributed by atoms with Crippen LogP contribution in [0.2, 0.25) is 0 Å². The zero-order valence-corrected chi connectivity index (χ0v) is 21.4. The molecule has 2 heterocycles. The summed E-state index contributed by atoms with van der Waals surface area (Å²) in [7, 11) is 0. The standard InChI is InChI=1S/C26H34N2O3.C2HF3O2/c29-26(28-18-8-9-23(28)21-27-16-4-5-17-27)22-12-14-25(15-13-22)31-20-7-6-19-30-24-10-2-1-3-11-24;3-2(4,5)1(6)7/h1-3,10-15,23H,4-9,16-21H2;(H,6,7). The minimum absolute atomic E-state index is 0.159. The Morgan fingerprint density at radius 1 is 0.842 bits per heavy atom. The lowest BCUT2D eigenvalue weighted by Crippen LogP contribution is -2.42. The molecule has 1 atom stereocenters. The Hall–Kier alpha value is -3.27. The van der Waals surface area contributed by atoms with E-state index in [1.165, 1.54) is 25.9 Å². The van der Waals surface area contributed by atoms with Crippen molar-refractivity contribution in [2.24, 2.45) is 0 Å². The first-order chi connectivity index (χ1) is 18.2. The van der Waals surface area contributed by atoms with E-state index in [0.29, 0.717) is 19.3 Å². The van der Waals surface area contributed by atoms with Gasteiger partial charge in [-0.1, -0.05) is 18.2 Å². The number of carboxylic acids is 1. The van der Waals surface area contributed by atoms with Gasteiger partial charge < -0.3 is 24.4 Å². The largest absolute Gasteiger partial charge is 0.494 e. The minimum Gasteiger partial charge on any atom is -0.494 e. The van der Waals surface area contributed by atoms with Gasteiger partial charge in [0.25, 0.3) is 5.91 Å². The van der Waals surface area contributed by atoms with E-state index < -0.39 is 12.1 Å². The number of carboxylic acid groups (broad SMARTS) is 1. The molecule has 208 valence electrons. The predicted molar refractivity (Wildman–Crippen MR) is 137 cm³/mol. The Labute approximate surface area is 221 Å². The number of rotatable bonds is 10. The van der Waals surface area contributed by atoms with Crippen LogP contribution in [0.25, 0.3) is 0 Å². The SMILES string of the molecule is O=C(O)C(F)(F)F.O=C(c1ccc(OCCCCOc2ccccc2)cc1)N1CCCC1CN1CCCC1. The maximum absolute atomic E-state index is 13.0. The first-order valence-electron chi connectivity index (χ1n) is 13.0. The number of halogens is 3. The monoisotopic (exact) mass is 536 g/mol. The van der Waals surface area contributed by atoms with Gasteiger partial charge in [-0.3, -0.25) is 4.79 Å². The number of amides is 1. The summed E-state index contributed by atoms with van der Waals surface area (Å²) in [5, 5.41) is 7.12. The predicted octanol–water partition coefficient (Wildman–Crippen LogP) is 5.26. The number of unbranched alkanes of at least 4 members (excludes halogenated alkanes) is 1. The van der Waals surface area contributed by atoms with Gasteiger partial charge in [-0.05, 0) is 88.0 Å². The van der Waals surface area contributed by atoms with Gasteiger partial charge in [0.15, 0.2) is 0 Å². The molecule has 1 N–H and O–H groups in total. The zero-order chi connectivity index (χ0) is 27.4. The number of benzene rings is 2. The van der Waals surface area contributed by atoms with E-state index in [2.05, 4.69) is 9.80 Å². The zero-order valence-electron chi connectivity index (χ0n) is 21.4. The Morgan fingerprint density at radius 3 is 1.95 bits per heavy atom. The third-order valence-corrected chi connectivity index (χ3v) is 6.47. The first kappa shape index (κ1) is 29.3. The third kappa shape index (κ3) is 9.55. The number of carbonyl (C=O) groups is 2. The van der Waals surface area contributed by atoms with Crippen LogP contribution in [0.3, 0.4) is 0 Å². The Balaban J connectivity index is 0.000000505. The molecule has 2 aromatic carbocycles. The Morgan fingerprint density at radius 2 is 1.39 bits per heavy atom. The number of likely N-dealkylation sites (tertiary alicyclic amines) is 2. The van der Waals surface area contributed by atoms with Gasteiger partial charge in [0.05, 0.1) is 13.2 Å². The van der Waals surface area contributed by atoms with Crippen LogP contribution in [0.15, 0.2) is 54.6 Å². The van der Waals surface area contributed by atoms with Crippen LogP contribution in [-0.4, -0.2) is 78.4 Å². The van der Waals surface area contributed by atoms with Gasteiger partial charge in [-0.15, -0.1) is 0 Å². The van der Waals surface area contributed by atoms with E-state index in [0.717, 1.165) is 55.8 Å². The second kappa shape index (κ2) is 14.6. The highest BCUT2D eigenvalue weighted by Crippen LogP contribution is 2.23. The Kier molecular flexibility index (Phi) is 11.3. The molecule has 0 aliphatic carbocycles. The molecule has 2 aliphatic rings. The average Bonchev–Trinajstić information content (AvgIpc) is 3.59.